The van der Waals surface area contributed by atoms with Crippen molar-refractivity contribution in [3.63, 3.8) is 0 Å². The fraction of sp³-hybridized carbons (Fsp3) is 0.0481. The van der Waals surface area contributed by atoms with Gasteiger partial charge in [-0.05, 0) is 234 Å². The van der Waals surface area contributed by atoms with Crippen molar-refractivity contribution in [3.05, 3.63) is 372 Å². The number of benzene rings is 16. The summed E-state index contributed by atoms with van der Waals surface area (Å²) in [6.07, 6.45) is 0. The second kappa shape index (κ2) is 26.0. The second-order valence-electron chi connectivity index (χ2n) is 29.6. The Morgan fingerprint density at radius 2 is 0.559 bits per heavy atom. The quantitative estimate of drug-likeness (QED) is 0.129. The summed E-state index contributed by atoms with van der Waals surface area (Å²) in [6, 6.07) is 125. The maximum Gasteiger partial charge on any atom is 0.101 e. The molecule has 7 nitrogen and oxygen atoms in total. The minimum atomic E-state index is 0.512. The van der Waals surface area contributed by atoms with Crippen LogP contribution in [0.1, 0.15) is 44.5 Å². The molecule has 4 heterocycles. The first-order chi connectivity index (χ1) is 54.5. The Morgan fingerprint density at radius 3 is 1.03 bits per heavy atom. The van der Waals surface area contributed by atoms with Crippen LogP contribution in [-0.2, 0) is 0 Å². The van der Waals surface area contributed by atoms with Crippen molar-refractivity contribution in [3.8, 4) is 119 Å². The van der Waals surface area contributed by atoms with Crippen LogP contribution in [0.15, 0.2) is 328 Å². The van der Waals surface area contributed by atoms with Gasteiger partial charge >= 0.3 is 0 Å². The van der Waals surface area contributed by atoms with E-state index in [2.05, 4.69) is 362 Å². The molecule has 0 saturated carbocycles. The predicted octanol–water partition coefficient (Wildman–Crippen LogP) is 26.9. The molecule has 0 bridgehead atoms. The standard InChI is InChI=1S/C104H69N7/c1-63-19-16-22-69(49-63)70-37-45-100-89(55-70)83-29-12-15-34-95(83)110(100)104-76(62-107)24-18-31-85(104)87-53-68(60-105)36-43-97(87)109-93-32-13-10-27-81(93)88-56-71(38-44-98(88)109)77-50-65(3)51-78(54-77)72-39-46-101-91(57-72)92-59-74(80-26-9-7-21-67(80)5)41-48-102(92)111(101)103-75(61-106)23-17-30-84(103)86-52-64(2)35-42-96(86)108-94-33-14-11-28-82(94)90-58-73(40-47-99(90)108)79-25-8-6-20-66(79)4/h6-59H,1-5H3. The van der Waals surface area contributed by atoms with E-state index < -0.39 is 0 Å². The van der Waals surface area contributed by atoms with Crippen LogP contribution in [0.2, 0.25) is 0 Å². The lowest BCUT2D eigenvalue weighted by Gasteiger charge is -2.20. The molecule has 0 atom stereocenters. The molecule has 520 valence electrons. The topological polar surface area (TPSA) is 91.1 Å². The number of aryl methyl sites for hydroxylation is 5. The molecule has 0 radical (unpaired) electrons. The van der Waals surface area contributed by atoms with Gasteiger partial charge in [-0.1, -0.05) is 211 Å². The van der Waals surface area contributed by atoms with Gasteiger partial charge in [0.15, 0.2) is 0 Å². The van der Waals surface area contributed by atoms with E-state index in [0.717, 1.165) is 172 Å². The highest BCUT2D eigenvalue weighted by Crippen LogP contribution is 2.48. The van der Waals surface area contributed by atoms with Gasteiger partial charge in [-0.3, -0.25) is 0 Å². The molecule has 0 fully saturated rings. The summed E-state index contributed by atoms with van der Waals surface area (Å²) in [5, 5.41) is 42.3. The lowest BCUT2D eigenvalue weighted by atomic mass is 9.94. The summed E-state index contributed by atoms with van der Waals surface area (Å²) in [4.78, 5) is 0. The normalized spacial score (nSPS) is 11.6. The Bertz CT molecular complexity index is 7510. The molecule has 4 aromatic heterocycles. The van der Waals surface area contributed by atoms with E-state index in [1.165, 1.54) is 44.2 Å². The molecule has 0 aliphatic carbocycles. The number of nitriles is 3. The number of para-hydroxylation sites is 5. The van der Waals surface area contributed by atoms with Gasteiger partial charge in [0.1, 0.15) is 12.1 Å². The molecular formula is C104H69N7. The Kier molecular flexibility index (Phi) is 15.4. The third-order valence-corrected chi connectivity index (χ3v) is 22.9. The van der Waals surface area contributed by atoms with E-state index in [0.29, 0.717) is 16.7 Å². The van der Waals surface area contributed by atoms with Crippen LogP contribution in [0.25, 0.3) is 188 Å². The van der Waals surface area contributed by atoms with Crippen LogP contribution in [0.4, 0.5) is 0 Å². The molecule has 0 spiro atoms. The van der Waals surface area contributed by atoms with Gasteiger partial charge < -0.3 is 18.3 Å². The summed E-state index contributed by atoms with van der Waals surface area (Å²) in [6.45, 7) is 10.8. The Morgan fingerprint density at radius 1 is 0.207 bits per heavy atom. The number of nitrogens with zero attached hydrogens (tertiary/aromatic N) is 7. The van der Waals surface area contributed by atoms with Gasteiger partial charge in [-0.2, -0.15) is 15.8 Å². The molecule has 20 aromatic rings. The predicted molar refractivity (Wildman–Crippen MR) is 460 cm³/mol. The highest BCUT2D eigenvalue weighted by atomic mass is 15.0. The lowest BCUT2D eigenvalue weighted by molar-refractivity contribution is 1.15. The highest BCUT2D eigenvalue weighted by Gasteiger charge is 2.27. The zero-order valence-electron chi connectivity index (χ0n) is 61.8. The van der Waals surface area contributed by atoms with E-state index >= 15 is 0 Å². The van der Waals surface area contributed by atoms with Crippen molar-refractivity contribution in [2.24, 2.45) is 0 Å². The van der Waals surface area contributed by atoms with Gasteiger partial charge in [0, 0.05) is 65.3 Å². The minimum absolute atomic E-state index is 0.512. The maximum absolute atomic E-state index is 11.5. The van der Waals surface area contributed by atoms with Gasteiger partial charge in [-0.15, -0.1) is 0 Å². The van der Waals surface area contributed by atoms with Gasteiger partial charge in [0.2, 0.25) is 0 Å². The van der Waals surface area contributed by atoms with Crippen molar-refractivity contribution in [2.75, 3.05) is 0 Å². The molecular weight excluding hydrogens is 1350 g/mol. The van der Waals surface area contributed by atoms with E-state index in [-0.39, 0.29) is 0 Å². The van der Waals surface area contributed by atoms with E-state index in [4.69, 9.17) is 0 Å². The molecule has 0 aliphatic rings. The Labute approximate surface area is 642 Å². The second-order valence-corrected chi connectivity index (χ2v) is 29.6. The molecule has 0 unspecified atom stereocenters. The first-order valence-electron chi connectivity index (χ1n) is 37.7. The van der Waals surface area contributed by atoms with E-state index in [9.17, 15) is 15.8 Å². The third-order valence-electron chi connectivity index (χ3n) is 22.9. The van der Waals surface area contributed by atoms with E-state index in [1.807, 2.05) is 36.4 Å². The number of fused-ring (bicyclic) bond motifs is 12. The van der Waals surface area contributed by atoms with Crippen LogP contribution in [0.3, 0.4) is 0 Å². The fourth-order valence-corrected chi connectivity index (χ4v) is 17.8. The average molecular weight is 1420 g/mol. The van der Waals surface area contributed by atoms with Gasteiger partial charge in [-0.25, -0.2) is 0 Å². The first kappa shape index (κ1) is 65.7. The summed E-state index contributed by atoms with van der Waals surface area (Å²) in [5.41, 5.74) is 33.9. The lowest BCUT2D eigenvalue weighted by Crippen LogP contribution is -2.04. The summed E-state index contributed by atoms with van der Waals surface area (Å²) >= 11 is 0. The zero-order chi connectivity index (χ0) is 74.9. The summed E-state index contributed by atoms with van der Waals surface area (Å²) < 4.78 is 9.34. The highest BCUT2D eigenvalue weighted by molar-refractivity contribution is 6.16. The molecule has 0 N–H and O–H groups in total. The van der Waals surface area contributed by atoms with Crippen molar-refractivity contribution >= 4 is 87.2 Å². The number of hydrogen-bond acceptors (Lipinski definition) is 3. The number of hydrogen-bond donors (Lipinski definition) is 0. The minimum Gasteiger partial charge on any atom is -0.309 e. The van der Waals surface area contributed by atoms with Gasteiger partial charge in [0.05, 0.1) is 89.6 Å². The SMILES string of the molecule is Cc1cccc(-c2ccc3c(c2)c2ccccc2n3-c2c(C#N)cccc2-c2cc(C#N)ccc2-n2c3ccccc3c3cc(-c4cc(C)cc(-c5ccc6c(c5)c5cc(-c7ccccc7C)ccc5n6-c5c(C#N)cccc5-c5cc(C)ccc5-n5c6ccccc6c6cc(-c7ccccc7C)ccc65)c4)ccc32)c1. The molecule has 0 amide bonds. The smallest absolute Gasteiger partial charge is 0.101 e. The van der Waals surface area contributed by atoms with Crippen molar-refractivity contribution < 1.29 is 0 Å². The molecule has 7 heteroatoms. The Balaban J connectivity index is 0.732. The average Bonchev–Trinajstić information content (AvgIpc) is 1.60. The molecule has 20 rings (SSSR count). The Hall–Kier alpha value is -14.8. The fourth-order valence-electron chi connectivity index (χ4n) is 17.8. The van der Waals surface area contributed by atoms with Crippen LogP contribution in [0, 0.1) is 68.6 Å². The van der Waals surface area contributed by atoms with E-state index in [1.54, 1.807) is 0 Å². The molecule has 111 heavy (non-hydrogen) atoms. The van der Waals surface area contributed by atoms with Crippen molar-refractivity contribution in [1.29, 1.82) is 15.8 Å². The summed E-state index contributed by atoms with van der Waals surface area (Å²) in [7, 11) is 0. The molecule has 0 saturated heterocycles. The summed E-state index contributed by atoms with van der Waals surface area (Å²) in [5.74, 6) is 0. The monoisotopic (exact) mass is 1420 g/mol. The van der Waals surface area contributed by atoms with Crippen LogP contribution < -0.4 is 0 Å². The van der Waals surface area contributed by atoms with Gasteiger partial charge in [0.25, 0.3) is 0 Å². The maximum atomic E-state index is 11.5. The van der Waals surface area contributed by atoms with Crippen LogP contribution in [-0.4, -0.2) is 18.3 Å². The largest absolute Gasteiger partial charge is 0.309 e. The molecule has 0 aliphatic heterocycles. The first-order valence-corrected chi connectivity index (χ1v) is 37.7. The van der Waals surface area contributed by atoms with Crippen LogP contribution in [0.5, 0.6) is 0 Å². The number of rotatable bonds is 11. The molecule has 16 aromatic carbocycles. The van der Waals surface area contributed by atoms with Crippen molar-refractivity contribution in [1.82, 2.24) is 18.3 Å². The van der Waals surface area contributed by atoms with Crippen LogP contribution >= 0.6 is 0 Å². The number of aromatic nitrogens is 4. The third kappa shape index (κ3) is 10.6. The van der Waals surface area contributed by atoms with Crippen molar-refractivity contribution in [2.45, 2.75) is 34.6 Å². The zero-order valence-corrected chi connectivity index (χ0v) is 61.8.